The van der Waals surface area contributed by atoms with Gasteiger partial charge in [-0.3, -0.25) is 4.79 Å². The molecule has 4 heteroatoms. The lowest BCUT2D eigenvalue weighted by Crippen LogP contribution is -2.28. The van der Waals surface area contributed by atoms with Crippen LogP contribution in [0.15, 0.2) is 6.07 Å². The van der Waals surface area contributed by atoms with Gasteiger partial charge in [-0.1, -0.05) is 6.92 Å². The van der Waals surface area contributed by atoms with Gasteiger partial charge in [0.1, 0.15) is 0 Å². The molecule has 0 aliphatic heterocycles. The average molecular weight is 227 g/mol. The second kappa shape index (κ2) is 5.28. The van der Waals surface area contributed by atoms with E-state index in [2.05, 4.69) is 6.92 Å². The van der Waals surface area contributed by atoms with Crippen molar-refractivity contribution >= 4 is 17.2 Å². The number of amides is 1. The summed E-state index contributed by atoms with van der Waals surface area (Å²) in [5, 5.41) is 8.75. The summed E-state index contributed by atoms with van der Waals surface area (Å²) in [4.78, 5) is 15.4. The van der Waals surface area contributed by atoms with Crippen molar-refractivity contribution in [3.8, 4) is 0 Å². The fraction of sp³-hybridized carbons (Fsp3) is 0.545. The maximum absolute atomic E-state index is 11.8. The van der Waals surface area contributed by atoms with E-state index in [1.54, 1.807) is 11.9 Å². The Labute approximate surface area is 94.3 Å². The first-order valence-corrected chi connectivity index (χ1v) is 5.87. The lowest BCUT2D eigenvalue weighted by molar-refractivity contribution is 0.0771. The van der Waals surface area contributed by atoms with Gasteiger partial charge in [0.2, 0.25) is 0 Å². The molecule has 0 radical (unpaired) electrons. The lowest BCUT2D eigenvalue weighted by atomic mass is 10.2. The fourth-order valence-corrected chi connectivity index (χ4v) is 2.52. The summed E-state index contributed by atoms with van der Waals surface area (Å²) in [6.45, 7) is 4.51. The van der Waals surface area contributed by atoms with Gasteiger partial charge >= 0.3 is 0 Å². The number of aliphatic hydroxyl groups is 1. The Kier molecular flexibility index (Phi) is 4.29. The van der Waals surface area contributed by atoms with Crippen LogP contribution in [-0.2, 0) is 6.42 Å². The van der Waals surface area contributed by atoms with Crippen LogP contribution in [0.3, 0.4) is 0 Å². The first-order chi connectivity index (χ1) is 7.10. The Morgan fingerprint density at radius 2 is 2.27 bits per heavy atom. The van der Waals surface area contributed by atoms with Crippen LogP contribution in [-0.4, -0.2) is 36.1 Å². The third-order valence-electron chi connectivity index (χ3n) is 2.39. The number of rotatable bonds is 4. The van der Waals surface area contributed by atoms with Gasteiger partial charge in [-0.25, -0.2) is 0 Å². The number of carbonyl (C=O) groups is 1. The van der Waals surface area contributed by atoms with Gasteiger partial charge in [-0.15, -0.1) is 11.3 Å². The van der Waals surface area contributed by atoms with Crippen LogP contribution in [0.25, 0.3) is 0 Å². The zero-order chi connectivity index (χ0) is 11.4. The highest BCUT2D eigenvalue weighted by atomic mass is 32.1. The summed E-state index contributed by atoms with van der Waals surface area (Å²) >= 11 is 1.53. The normalized spacial score (nSPS) is 10.4. The van der Waals surface area contributed by atoms with E-state index in [-0.39, 0.29) is 12.5 Å². The van der Waals surface area contributed by atoms with Crippen molar-refractivity contribution in [2.24, 2.45) is 0 Å². The van der Waals surface area contributed by atoms with Gasteiger partial charge < -0.3 is 10.0 Å². The van der Waals surface area contributed by atoms with Crippen LogP contribution in [0.2, 0.25) is 0 Å². The highest BCUT2D eigenvalue weighted by molar-refractivity contribution is 7.14. The van der Waals surface area contributed by atoms with Gasteiger partial charge in [0.25, 0.3) is 5.91 Å². The molecule has 1 heterocycles. The number of aryl methyl sites for hydroxylation is 2. The van der Waals surface area contributed by atoms with Crippen molar-refractivity contribution in [1.29, 1.82) is 0 Å². The molecule has 0 saturated carbocycles. The van der Waals surface area contributed by atoms with Gasteiger partial charge in [-0.2, -0.15) is 0 Å². The van der Waals surface area contributed by atoms with Gasteiger partial charge in [0, 0.05) is 18.5 Å². The lowest BCUT2D eigenvalue weighted by Gasteiger charge is -2.13. The highest BCUT2D eigenvalue weighted by Gasteiger charge is 2.14. The standard InChI is InChI=1S/C11H17NO2S/c1-4-9-7-10(15-8(9)2)11(14)12(3)5-6-13/h7,13H,4-6H2,1-3H3. The van der Waals surface area contributed by atoms with E-state index >= 15 is 0 Å². The Bertz CT molecular complexity index is 346. The molecule has 0 spiro atoms. The molecular formula is C11H17NO2S. The SMILES string of the molecule is CCc1cc(C(=O)N(C)CCO)sc1C. The van der Waals surface area contributed by atoms with Gasteiger partial charge in [0.05, 0.1) is 11.5 Å². The molecule has 0 unspecified atom stereocenters. The summed E-state index contributed by atoms with van der Waals surface area (Å²) in [6.07, 6.45) is 0.958. The quantitative estimate of drug-likeness (QED) is 0.850. The van der Waals surface area contributed by atoms with Crippen molar-refractivity contribution in [3.05, 3.63) is 21.4 Å². The highest BCUT2D eigenvalue weighted by Crippen LogP contribution is 2.22. The second-order valence-corrected chi connectivity index (χ2v) is 4.75. The number of carbonyl (C=O) groups excluding carboxylic acids is 1. The molecule has 0 bridgehead atoms. The van der Waals surface area contributed by atoms with Gasteiger partial charge in [0.15, 0.2) is 0 Å². The van der Waals surface area contributed by atoms with Crippen molar-refractivity contribution in [3.63, 3.8) is 0 Å². The Morgan fingerprint density at radius 1 is 1.60 bits per heavy atom. The number of hydrogen-bond acceptors (Lipinski definition) is 3. The summed E-state index contributed by atoms with van der Waals surface area (Å²) in [5.41, 5.74) is 1.24. The molecule has 1 aromatic heterocycles. The summed E-state index contributed by atoms with van der Waals surface area (Å²) in [6, 6.07) is 1.95. The summed E-state index contributed by atoms with van der Waals surface area (Å²) in [5.74, 6) is -0.00292. The maximum Gasteiger partial charge on any atom is 0.263 e. The number of thiophene rings is 1. The number of likely N-dealkylation sites (N-methyl/N-ethyl adjacent to an activating group) is 1. The van der Waals surface area contributed by atoms with E-state index in [4.69, 9.17) is 5.11 Å². The molecule has 1 rings (SSSR count). The van der Waals surface area contributed by atoms with Crippen molar-refractivity contribution in [2.45, 2.75) is 20.3 Å². The first kappa shape index (κ1) is 12.2. The van der Waals surface area contributed by atoms with E-state index in [9.17, 15) is 4.79 Å². The molecule has 0 aromatic carbocycles. The molecule has 0 aliphatic rings. The molecule has 1 amide bonds. The third kappa shape index (κ3) is 2.79. The molecule has 3 nitrogen and oxygen atoms in total. The molecule has 15 heavy (non-hydrogen) atoms. The summed E-state index contributed by atoms with van der Waals surface area (Å²) in [7, 11) is 1.71. The zero-order valence-corrected chi connectivity index (χ0v) is 10.2. The fourth-order valence-electron chi connectivity index (χ4n) is 1.42. The van der Waals surface area contributed by atoms with Crippen molar-refractivity contribution < 1.29 is 9.90 Å². The Balaban J connectivity index is 2.82. The van der Waals surface area contributed by atoms with Crippen LogP contribution in [0.4, 0.5) is 0 Å². The topological polar surface area (TPSA) is 40.5 Å². The van der Waals surface area contributed by atoms with E-state index < -0.39 is 0 Å². The minimum absolute atomic E-state index is 0.00292. The van der Waals surface area contributed by atoms with Crippen molar-refractivity contribution in [1.82, 2.24) is 4.90 Å². The maximum atomic E-state index is 11.8. The first-order valence-electron chi connectivity index (χ1n) is 5.05. The van der Waals surface area contributed by atoms with Crippen LogP contribution in [0, 0.1) is 6.92 Å². The average Bonchev–Trinajstić information content (AvgIpc) is 2.59. The number of aliphatic hydroxyl groups excluding tert-OH is 1. The largest absolute Gasteiger partial charge is 0.395 e. The van der Waals surface area contributed by atoms with Crippen LogP contribution >= 0.6 is 11.3 Å². The molecule has 1 N–H and O–H groups in total. The van der Waals surface area contributed by atoms with E-state index in [0.29, 0.717) is 6.54 Å². The van der Waals surface area contributed by atoms with Crippen LogP contribution in [0.5, 0.6) is 0 Å². The Morgan fingerprint density at radius 3 is 2.73 bits per heavy atom. The number of hydrogen-bond donors (Lipinski definition) is 1. The van der Waals surface area contributed by atoms with E-state index in [1.807, 2.05) is 13.0 Å². The van der Waals surface area contributed by atoms with E-state index in [0.717, 1.165) is 11.3 Å². The predicted molar refractivity (Wildman–Crippen MR) is 62.5 cm³/mol. The summed E-state index contributed by atoms with van der Waals surface area (Å²) < 4.78 is 0. The minimum atomic E-state index is -0.00292. The smallest absolute Gasteiger partial charge is 0.263 e. The third-order valence-corrected chi connectivity index (χ3v) is 3.48. The molecule has 0 fully saturated rings. The molecule has 1 aromatic rings. The second-order valence-electron chi connectivity index (χ2n) is 3.50. The minimum Gasteiger partial charge on any atom is -0.395 e. The zero-order valence-electron chi connectivity index (χ0n) is 9.41. The molecule has 0 saturated heterocycles. The molecule has 84 valence electrons. The number of nitrogens with zero attached hydrogens (tertiary/aromatic N) is 1. The van der Waals surface area contributed by atoms with Crippen LogP contribution < -0.4 is 0 Å². The van der Waals surface area contributed by atoms with Crippen LogP contribution in [0.1, 0.15) is 27.0 Å². The predicted octanol–water partition coefficient (Wildman–Crippen LogP) is 1.68. The Hall–Kier alpha value is -0.870. The van der Waals surface area contributed by atoms with Crippen molar-refractivity contribution in [2.75, 3.05) is 20.2 Å². The monoisotopic (exact) mass is 227 g/mol. The van der Waals surface area contributed by atoms with E-state index in [1.165, 1.54) is 21.8 Å². The molecule has 0 aliphatic carbocycles. The molecular weight excluding hydrogens is 210 g/mol. The molecule has 0 atom stereocenters. The van der Waals surface area contributed by atoms with Gasteiger partial charge in [-0.05, 0) is 25.0 Å².